The predicted octanol–water partition coefficient (Wildman–Crippen LogP) is 4.04. The van der Waals surface area contributed by atoms with Gasteiger partial charge in [-0.1, -0.05) is 6.07 Å². The van der Waals surface area contributed by atoms with E-state index in [1.54, 1.807) is 11.3 Å². The number of rotatable bonds is 6. The summed E-state index contributed by atoms with van der Waals surface area (Å²) in [7, 11) is 0. The monoisotopic (exact) mass is 447 g/mol. The topological polar surface area (TPSA) is 65.8 Å². The minimum absolute atomic E-state index is 0.333. The van der Waals surface area contributed by atoms with Gasteiger partial charge < -0.3 is 14.6 Å². The van der Waals surface area contributed by atoms with Crippen molar-refractivity contribution in [2.45, 2.75) is 31.8 Å². The van der Waals surface area contributed by atoms with Crippen molar-refractivity contribution in [3.05, 3.63) is 67.3 Å². The third-order valence-corrected chi connectivity index (χ3v) is 7.20. The van der Waals surface area contributed by atoms with Gasteiger partial charge in [-0.25, -0.2) is 0 Å². The molecule has 2 aromatic heterocycles. The molecule has 2 fully saturated rings. The number of fused-ring (bicyclic) bond motifs is 1. The van der Waals surface area contributed by atoms with E-state index in [1.807, 2.05) is 0 Å². The SMILES string of the molecule is O=c1c(NC2CC2)c(N2CCCN(Cc3cc4cc(-c5ccsc5)ccc4o3)CC2)c1=O. The number of benzene rings is 1. The van der Waals surface area contributed by atoms with E-state index in [4.69, 9.17) is 4.42 Å². The first-order valence-corrected chi connectivity index (χ1v) is 12.2. The van der Waals surface area contributed by atoms with Crippen LogP contribution in [0, 0.1) is 0 Å². The summed E-state index contributed by atoms with van der Waals surface area (Å²) in [5.74, 6) is 0.959. The molecule has 32 heavy (non-hydrogen) atoms. The van der Waals surface area contributed by atoms with Gasteiger partial charge in [0.1, 0.15) is 22.7 Å². The Morgan fingerprint density at radius 2 is 1.91 bits per heavy atom. The maximum Gasteiger partial charge on any atom is 0.253 e. The standard InChI is InChI=1S/C25H25N3O3S/c29-24-22(26-19-3-4-19)23(25(24)30)28-8-1-7-27(9-10-28)14-20-13-18-12-16(2-5-21(18)31-20)17-6-11-32-15-17/h2,5-6,11-13,15,19,26H,1,3-4,7-10,14H2. The van der Waals surface area contributed by atoms with Crippen LogP contribution in [0.2, 0.25) is 0 Å². The highest BCUT2D eigenvalue weighted by Gasteiger charge is 2.31. The highest BCUT2D eigenvalue weighted by atomic mass is 32.1. The smallest absolute Gasteiger partial charge is 0.253 e. The van der Waals surface area contributed by atoms with Crippen molar-refractivity contribution in [1.82, 2.24) is 4.90 Å². The molecular weight excluding hydrogens is 422 g/mol. The molecule has 6 rings (SSSR count). The highest BCUT2D eigenvalue weighted by molar-refractivity contribution is 7.08. The van der Waals surface area contributed by atoms with E-state index < -0.39 is 0 Å². The van der Waals surface area contributed by atoms with Crippen LogP contribution in [-0.4, -0.2) is 37.1 Å². The fraction of sp³-hybridized carbons (Fsp3) is 0.360. The summed E-state index contributed by atoms with van der Waals surface area (Å²) in [6.45, 7) is 4.06. The lowest BCUT2D eigenvalue weighted by Crippen LogP contribution is -2.44. The molecule has 2 aliphatic rings. The van der Waals surface area contributed by atoms with Gasteiger partial charge in [0.05, 0.1) is 6.54 Å². The molecule has 0 bridgehead atoms. The molecule has 0 unspecified atom stereocenters. The molecule has 1 saturated carbocycles. The number of hydrogen-bond donors (Lipinski definition) is 1. The van der Waals surface area contributed by atoms with Gasteiger partial charge in [0.15, 0.2) is 0 Å². The van der Waals surface area contributed by atoms with Crippen LogP contribution in [0.3, 0.4) is 0 Å². The molecule has 0 radical (unpaired) electrons. The molecule has 1 N–H and O–H groups in total. The zero-order chi connectivity index (χ0) is 21.7. The van der Waals surface area contributed by atoms with Gasteiger partial charge in [-0.2, -0.15) is 11.3 Å². The summed E-state index contributed by atoms with van der Waals surface area (Å²) in [5.41, 5.74) is 3.83. The minimum atomic E-state index is -0.350. The first kappa shape index (κ1) is 19.8. The van der Waals surface area contributed by atoms with E-state index >= 15 is 0 Å². The predicted molar refractivity (Wildman–Crippen MR) is 130 cm³/mol. The lowest BCUT2D eigenvalue weighted by Gasteiger charge is -2.26. The number of nitrogens with zero attached hydrogens (tertiary/aromatic N) is 2. The first-order valence-electron chi connectivity index (χ1n) is 11.3. The number of thiophene rings is 1. The summed E-state index contributed by atoms with van der Waals surface area (Å²) < 4.78 is 6.12. The number of hydrogen-bond acceptors (Lipinski definition) is 7. The third kappa shape index (κ3) is 3.65. The van der Waals surface area contributed by atoms with E-state index in [9.17, 15) is 9.59 Å². The second-order valence-corrected chi connectivity index (χ2v) is 9.67. The summed E-state index contributed by atoms with van der Waals surface area (Å²) in [6, 6.07) is 11.0. The maximum absolute atomic E-state index is 12.3. The average molecular weight is 448 g/mol. The minimum Gasteiger partial charge on any atom is -0.460 e. The molecule has 1 aliphatic carbocycles. The number of nitrogens with one attached hydrogen (secondary N) is 1. The van der Waals surface area contributed by atoms with Crippen molar-refractivity contribution in [1.29, 1.82) is 0 Å². The van der Waals surface area contributed by atoms with E-state index in [0.29, 0.717) is 17.4 Å². The lowest BCUT2D eigenvalue weighted by atomic mass is 10.1. The largest absolute Gasteiger partial charge is 0.460 e. The van der Waals surface area contributed by atoms with Crippen molar-refractivity contribution in [2.24, 2.45) is 0 Å². The Kier molecular flexibility index (Phi) is 4.88. The summed E-state index contributed by atoms with van der Waals surface area (Å²) in [4.78, 5) is 28.8. The zero-order valence-corrected chi connectivity index (χ0v) is 18.6. The lowest BCUT2D eigenvalue weighted by molar-refractivity contribution is 0.263. The molecule has 4 aromatic rings. The Hall–Kier alpha value is -2.90. The molecule has 0 spiro atoms. The fourth-order valence-corrected chi connectivity index (χ4v) is 5.27. The second kappa shape index (κ2) is 7.90. The van der Waals surface area contributed by atoms with Crippen molar-refractivity contribution in [2.75, 3.05) is 36.4 Å². The van der Waals surface area contributed by atoms with Gasteiger partial charge in [0, 0.05) is 37.6 Å². The molecule has 0 amide bonds. The maximum atomic E-state index is 12.3. The second-order valence-electron chi connectivity index (χ2n) is 8.89. The molecule has 1 aliphatic heterocycles. The Bertz CT molecular complexity index is 1330. The third-order valence-electron chi connectivity index (χ3n) is 6.52. The van der Waals surface area contributed by atoms with Crippen LogP contribution in [0.5, 0.6) is 0 Å². The molecule has 6 nitrogen and oxygen atoms in total. The van der Waals surface area contributed by atoms with E-state index in [0.717, 1.165) is 68.7 Å². The normalized spacial score (nSPS) is 17.8. The van der Waals surface area contributed by atoms with E-state index in [1.165, 1.54) is 11.1 Å². The summed E-state index contributed by atoms with van der Waals surface area (Å²) >= 11 is 1.70. The van der Waals surface area contributed by atoms with Gasteiger partial charge in [0.2, 0.25) is 0 Å². The average Bonchev–Trinajstić information content (AvgIpc) is 3.36. The molecule has 2 aromatic carbocycles. The van der Waals surface area contributed by atoms with E-state index in [2.05, 4.69) is 56.2 Å². The van der Waals surface area contributed by atoms with Crippen molar-refractivity contribution in [3.63, 3.8) is 0 Å². The molecule has 3 heterocycles. The Morgan fingerprint density at radius 1 is 1.00 bits per heavy atom. The van der Waals surface area contributed by atoms with Gasteiger partial charge in [-0.15, -0.1) is 0 Å². The van der Waals surface area contributed by atoms with Gasteiger partial charge >= 0.3 is 0 Å². The Balaban J connectivity index is 1.14. The van der Waals surface area contributed by atoms with Crippen LogP contribution in [-0.2, 0) is 6.54 Å². The number of anilines is 2. The molecule has 1 saturated heterocycles. The fourth-order valence-electron chi connectivity index (χ4n) is 4.60. The van der Waals surface area contributed by atoms with Crippen molar-refractivity contribution < 1.29 is 4.42 Å². The molecular formula is C25H25N3O3S. The first-order chi connectivity index (χ1) is 15.7. The van der Waals surface area contributed by atoms with Crippen LogP contribution in [0.15, 0.2) is 55.1 Å². The van der Waals surface area contributed by atoms with Crippen LogP contribution in [0.1, 0.15) is 25.0 Å². The Labute approximate surface area is 189 Å². The van der Waals surface area contributed by atoms with E-state index in [-0.39, 0.29) is 10.9 Å². The highest BCUT2D eigenvalue weighted by Crippen LogP contribution is 2.30. The van der Waals surface area contributed by atoms with Crippen LogP contribution >= 0.6 is 11.3 Å². The van der Waals surface area contributed by atoms with Gasteiger partial charge in [-0.3, -0.25) is 14.5 Å². The van der Waals surface area contributed by atoms with Crippen LogP contribution in [0.4, 0.5) is 11.4 Å². The van der Waals surface area contributed by atoms with Crippen molar-refractivity contribution in [3.8, 4) is 11.1 Å². The Morgan fingerprint density at radius 3 is 2.72 bits per heavy atom. The number of furan rings is 1. The van der Waals surface area contributed by atoms with Gasteiger partial charge in [0.25, 0.3) is 10.9 Å². The summed E-state index contributed by atoms with van der Waals surface area (Å²) in [5, 5.41) is 8.64. The molecule has 0 atom stereocenters. The van der Waals surface area contributed by atoms with Crippen LogP contribution in [0.25, 0.3) is 22.1 Å². The zero-order valence-electron chi connectivity index (χ0n) is 17.8. The van der Waals surface area contributed by atoms with Gasteiger partial charge in [-0.05, 0) is 65.4 Å². The molecule has 7 heteroatoms. The molecule has 164 valence electrons. The summed E-state index contributed by atoms with van der Waals surface area (Å²) in [6.07, 6.45) is 3.11. The van der Waals surface area contributed by atoms with Crippen LogP contribution < -0.4 is 21.1 Å². The quantitative estimate of drug-likeness (QED) is 0.450. The van der Waals surface area contributed by atoms with Crippen molar-refractivity contribution >= 4 is 33.7 Å².